The molecule has 8 aromatic rings. The topological polar surface area (TPSA) is 82.1 Å². The predicted octanol–water partition coefficient (Wildman–Crippen LogP) is 12.7. The molecule has 0 radical (unpaired) electrons. The molecule has 1 fully saturated rings. The van der Waals surface area contributed by atoms with Gasteiger partial charge in [-0.25, -0.2) is 28.7 Å². The van der Waals surface area contributed by atoms with Gasteiger partial charge in [0.2, 0.25) is 0 Å². The van der Waals surface area contributed by atoms with Crippen LogP contribution in [-0.4, -0.2) is 68.0 Å². The van der Waals surface area contributed by atoms with Crippen molar-refractivity contribution in [2.75, 3.05) is 36.8 Å². The lowest BCUT2D eigenvalue weighted by Gasteiger charge is -2.38. The van der Waals surface area contributed by atoms with E-state index in [1.54, 1.807) is 70.4 Å². The van der Waals surface area contributed by atoms with Gasteiger partial charge < -0.3 is 15.5 Å². The molecule has 2 aliphatic heterocycles. The van der Waals surface area contributed by atoms with Crippen molar-refractivity contribution in [2.24, 2.45) is 0 Å². The summed E-state index contributed by atoms with van der Waals surface area (Å²) in [5.41, 5.74) is 9.10. The maximum atomic E-state index is 14.6. The largest absolute Gasteiger partial charge is 0.352 e. The zero-order valence-corrected chi connectivity index (χ0v) is 36.0. The van der Waals surface area contributed by atoms with Crippen molar-refractivity contribution in [1.82, 2.24) is 29.7 Å². The molecule has 10 rings (SSSR count). The monoisotopic (exact) mass is 850 g/mol. The van der Waals surface area contributed by atoms with Crippen LogP contribution >= 0.6 is 45.3 Å². The van der Waals surface area contributed by atoms with E-state index in [0.717, 1.165) is 78.3 Å². The number of thiophene rings is 2. The van der Waals surface area contributed by atoms with Crippen LogP contribution in [0.4, 0.5) is 31.5 Å². The maximum Gasteiger partial charge on any atom is 0.148 e. The van der Waals surface area contributed by atoms with Crippen LogP contribution in [0.2, 0.25) is 0 Å². The Morgan fingerprint density at radius 3 is 1.93 bits per heavy atom. The summed E-state index contributed by atoms with van der Waals surface area (Å²) in [6, 6.07) is 15.8. The summed E-state index contributed by atoms with van der Waals surface area (Å²) < 4.78 is 30.9. The molecule has 2 aliphatic rings. The summed E-state index contributed by atoms with van der Waals surface area (Å²) in [7, 11) is 0. The molecule has 2 aromatic carbocycles. The lowest BCUT2D eigenvalue weighted by atomic mass is 9.89. The Labute approximate surface area is 352 Å². The van der Waals surface area contributed by atoms with E-state index in [1.807, 2.05) is 12.1 Å². The number of rotatable bonds is 8. The fourth-order valence-electron chi connectivity index (χ4n) is 8.40. The summed E-state index contributed by atoms with van der Waals surface area (Å²) in [6.45, 7) is 13.5. The summed E-state index contributed by atoms with van der Waals surface area (Å²) in [6.07, 6.45) is 9.44. The van der Waals surface area contributed by atoms with Crippen LogP contribution in [-0.2, 0) is 0 Å². The number of nitrogens with zero attached hydrogens (tertiary/aromatic N) is 6. The lowest BCUT2D eigenvalue weighted by molar-refractivity contribution is 0.148. The van der Waals surface area contributed by atoms with Gasteiger partial charge in [0.25, 0.3) is 0 Å². The Morgan fingerprint density at radius 1 is 0.707 bits per heavy atom. The van der Waals surface area contributed by atoms with Gasteiger partial charge in [-0.1, -0.05) is 19.9 Å². The van der Waals surface area contributed by atoms with E-state index in [2.05, 4.69) is 86.3 Å². The lowest BCUT2D eigenvalue weighted by Crippen LogP contribution is -2.41. The van der Waals surface area contributed by atoms with E-state index >= 15 is 0 Å². The number of fused-ring (bicyclic) bond motifs is 4. The number of piperidine rings is 1. The minimum Gasteiger partial charge on any atom is -0.352 e. The molecule has 8 nitrogen and oxygen atoms in total. The van der Waals surface area contributed by atoms with E-state index in [9.17, 15) is 8.78 Å². The number of anilines is 4. The number of likely N-dealkylation sites (tertiary alicyclic amines) is 1. The molecular formula is C44H44F2N8S4. The Hall–Kier alpha value is -4.44. The fourth-order valence-corrected chi connectivity index (χ4v) is 12.2. The minimum atomic E-state index is -0.274. The Balaban J connectivity index is 0.000000150. The minimum absolute atomic E-state index is 0.262. The molecule has 1 saturated heterocycles. The molecule has 0 saturated carbocycles. The zero-order chi connectivity index (χ0) is 39.9. The van der Waals surface area contributed by atoms with Gasteiger partial charge in [-0.3, -0.25) is 4.90 Å². The van der Waals surface area contributed by atoms with Crippen LogP contribution in [0.15, 0.2) is 78.0 Å². The van der Waals surface area contributed by atoms with Crippen molar-refractivity contribution in [3.8, 4) is 0 Å². The van der Waals surface area contributed by atoms with Gasteiger partial charge in [-0.05, 0) is 107 Å². The van der Waals surface area contributed by atoms with Crippen molar-refractivity contribution < 1.29 is 8.78 Å². The first-order chi connectivity index (χ1) is 28.3. The average molecular weight is 851 g/mol. The molecule has 0 bridgehead atoms. The Bertz CT molecular complexity index is 2770. The molecule has 1 unspecified atom stereocenters. The first-order valence-electron chi connectivity index (χ1n) is 19.8. The molecule has 2 N–H and O–H groups in total. The number of aromatic nitrogens is 4. The molecule has 0 spiro atoms. The van der Waals surface area contributed by atoms with Crippen molar-refractivity contribution in [1.29, 1.82) is 0 Å². The maximum absolute atomic E-state index is 14.6. The van der Waals surface area contributed by atoms with Gasteiger partial charge in [-0.2, -0.15) is 0 Å². The van der Waals surface area contributed by atoms with Crippen molar-refractivity contribution >= 4 is 115 Å². The van der Waals surface area contributed by atoms with Crippen LogP contribution in [0.3, 0.4) is 0 Å². The molecule has 58 heavy (non-hydrogen) atoms. The molecule has 3 atom stereocenters. The third-order valence-electron chi connectivity index (χ3n) is 11.6. The van der Waals surface area contributed by atoms with E-state index < -0.39 is 0 Å². The smallest absolute Gasteiger partial charge is 0.148 e. The summed E-state index contributed by atoms with van der Waals surface area (Å²) in [5.74, 6) is -0.00939. The van der Waals surface area contributed by atoms with Gasteiger partial charge in [0.1, 0.15) is 21.3 Å². The Morgan fingerprint density at radius 2 is 1.31 bits per heavy atom. The first-order valence-corrected chi connectivity index (χ1v) is 23.2. The number of thiazole rings is 2. The van der Waals surface area contributed by atoms with Crippen molar-refractivity contribution in [2.45, 2.75) is 65.0 Å². The second-order valence-electron chi connectivity index (χ2n) is 14.8. The number of pyridine rings is 2. The number of benzene rings is 2. The van der Waals surface area contributed by atoms with Crippen LogP contribution < -0.4 is 10.6 Å². The van der Waals surface area contributed by atoms with Crippen LogP contribution in [0.25, 0.3) is 46.4 Å². The van der Waals surface area contributed by atoms with Gasteiger partial charge in [-0.15, -0.1) is 45.3 Å². The van der Waals surface area contributed by atoms with Gasteiger partial charge in [0.05, 0.1) is 54.2 Å². The molecule has 0 amide bonds. The normalized spacial score (nSPS) is 19.1. The first kappa shape index (κ1) is 39.0. The van der Waals surface area contributed by atoms with E-state index in [1.165, 1.54) is 57.4 Å². The number of likely N-dealkylation sites (N-methyl/N-ethyl adjacent to an activating group) is 2. The molecule has 0 aliphatic carbocycles. The summed E-state index contributed by atoms with van der Waals surface area (Å²) in [5, 5.41) is 8.64. The number of hydrogen-bond acceptors (Lipinski definition) is 12. The van der Waals surface area contributed by atoms with Crippen molar-refractivity contribution in [3.63, 3.8) is 0 Å². The van der Waals surface area contributed by atoms with Crippen LogP contribution in [0, 0.1) is 11.6 Å². The van der Waals surface area contributed by atoms with E-state index in [4.69, 9.17) is 0 Å². The summed E-state index contributed by atoms with van der Waals surface area (Å²) >= 11 is 6.37. The van der Waals surface area contributed by atoms with Gasteiger partial charge in [0.15, 0.2) is 0 Å². The average Bonchev–Trinajstić information content (AvgIpc) is 4.06. The third-order valence-corrected chi connectivity index (χ3v) is 15.5. The van der Waals surface area contributed by atoms with Crippen LogP contribution in [0.1, 0.15) is 62.6 Å². The molecule has 8 heterocycles. The highest BCUT2D eigenvalue weighted by molar-refractivity contribution is 7.20. The Kier molecular flexibility index (Phi) is 11.2. The SMILES string of the molecule is CCN1CCC=C(c2cc3c(Nc4cc5ncsc5cc4F)ccnc3s2)[C@H]1C.CCN1CCCC(c2cc3c(Nc4cc5ncsc5cc4F)ccnc3s2)[C@H]1C. The molecule has 298 valence electrons. The second-order valence-corrected chi connectivity index (χ2v) is 18.7. The highest BCUT2D eigenvalue weighted by Crippen LogP contribution is 2.42. The van der Waals surface area contributed by atoms with E-state index in [0.29, 0.717) is 29.4 Å². The highest BCUT2D eigenvalue weighted by atomic mass is 32.1. The molecule has 6 aromatic heterocycles. The van der Waals surface area contributed by atoms with Crippen LogP contribution in [0.5, 0.6) is 0 Å². The highest BCUT2D eigenvalue weighted by Gasteiger charge is 2.30. The third kappa shape index (κ3) is 7.62. The van der Waals surface area contributed by atoms with Gasteiger partial charge in [0, 0.05) is 57.5 Å². The number of nitrogens with one attached hydrogen (secondary N) is 2. The second kappa shape index (κ2) is 16.7. The van der Waals surface area contributed by atoms with Gasteiger partial charge >= 0.3 is 0 Å². The van der Waals surface area contributed by atoms with E-state index in [-0.39, 0.29) is 11.6 Å². The zero-order valence-electron chi connectivity index (χ0n) is 32.8. The van der Waals surface area contributed by atoms with Crippen molar-refractivity contribution in [3.05, 3.63) is 99.4 Å². The molecule has 14 heteroatoms. The number of hydrogen-bond donors (Lipinski definition) is 2. The predicted molar refractivity (Wildman–Crippen MR) is 243 cm³/mol. The number of halogens is 2. The summed E-state index contributed by atoms with van der Waals surface area (Å²) in [4.78, 5) is 27.4. The standard InChI is InChI=1S/C22H23FN4S2.C22H21FN4S2/c2*1-3-27-8-4-5-14(13(27)2)20-9-15-17(6-7-24-22(15)29-20)26-18-11-19-21(10-16(18)23)28-12-25-19/h6-7,9-14H,3-5,8H2,1-2H3,(H,24,26);5-7,9-13H,3-4,8H2,1-2H3,(H,24,26)/t13-,14?;13-/m11/s1. The molecular weight excluding hydrogens is 807 g/mol. The quantitative estimate of drug-likeness (QED) is 0.156. The fraction of sp³-hybridized carbons (Fsp3) is 0.318.